The van der Waals surface area contributed by atoms with Gasteiger partial charge >= 0.3 is 24.1 Å². The van der Waals surface area contributed by atoms with Crippen molar-refractivity contribution in [3.63, 3.8) is 0 Å². The minimum atomic E-state index is -1.17. The van der Waals surface area contributed by atoms with Gasteiger partial charge < -0.3 is 28.7 Å². The molecule has 2 saturated heterocycles. The van der Waals surface area contributed by atoms with Gasteiger partial charge in [0.2, 0.25) is 0 Å². The number of nitrogens with zero attached hydrogens (tertiary/aromatic N) is 2. The molecule has 0 aromatic rings. The third kappa shape index (κ3) is 13.7. The second-order valence-electron chi connectivity index (χ2n) is 12.2. The van der Waals surface area contributed by atoms with E-state index in [0.29, 0.717) is 13.1 Å². The van der Waals surface area contributed by atoms with Gasteiger partial charge in [-0.25, -0.2) is 9.59 Å². The van der Waals surface area contributed by atoms with E-state index >= 15 is 0 Å². The zero-order valence-corrected chi connectivity index (χ0v) is 27.2. The van der Waals surface area contributed by atoms with Gasteiger partial charge in [-0.2, -0.15) is 0 Å². The second-order valence-corrected chi connectivity index (χ2v) is 12.2. The molecule has 2 atom stereocenters. The van der Waals surface area contributed by atoms with Gasteiger partial charge in [-0.15, -0.1) is 0 Å². The number of alkyl halides is 1. The molecule has 43 heavy (non-hydrogen) atoms. The molecular weight excluding hydrogens is 567 g/mol. The Kier molecular flexibility index (Phi) is 15.6. The highest BCUT2D eigenvalue weighted by molar-refractivity contribution is 6.03. The smallest absolute Gasteiger partial charge is 0.410 e. The summed E-state index contributed by atoms with van der Waals surface area (Å²) >= 11 is 0. The average molecular weight is 620 g/mol. The SMILES string of the molecule is CCOC(=O)C1(C)CCN(C(=O)OC(C)(C)C)CCC1=O.CCOC(=O)C1CCN(C(=O)OC(C)(C)C)CCC1=O.[2H]CF. The molecule has 2 aliphatic heterocycles. The fourth-order valence-electron chi connectivity index (χ4n) is 4.12. The molecule has 13 heteroatoms. The molecule has 248 valence electrons. The van der Waals surface area contributed by atoms with Crippen LogP contribution in [-0.2, 0) is 38.1 Å². The molecule has 0 bridgehead atoms. The van der Waals surface area contributed by atoms with Crippen LogP contribution in [0.4, 0.5) is 14.0 Å². The Labute approximate surface area is 256 Å². The summed E-state index contributed by atoms with van der Waals surface area (Å²) in [5.41, 5.74) is -2.33. The second kappa shape index (κ2) is 17.8. The fourth-order valence-corrected chi connectivity index (χ4v) is 4.12. The van der Waals surface area contributed by atoms with Gasteiger partial charge in [0.15, 0.2) is 5.78 Å². The summed E-state index contributed by atoms with van der Waals surface area (Å²) in [5, 5.41) is 0. The number of halogens is 1. The van der Waals surface area contributed by atoms with Crippen molar-refractivity contribution < 1.29 is 53.5 Å². The Balaban J connectivity index is 0.000000772. The van der Waals surface area contributed by atoms with E-state index in [4.69, 9.17) is 20.3 Å². The van der Waals surface area contributed by atoms with E-state index in [1.165, 1.54) is 9.80 Å². The number of ketones is 2. The van der Waals surface area contributed by atoms with Crippen molar-refractivity contribution in [3.05, 3.63) is 0 Å². The van der Waals surface area contributed by atoms with Gasteiger partial charge in [-0.05, 0) is 75.2 Å². The van der Waals surface area contributed by atoms with Crippen molar-refractivity contribution in [2.75, 3.05) is 46.5 Å². The monoisotopic (exact) mass is 619 g/mol. The maximum atomic E-state index is 12.2. The number of hydrogen-bond acceptors (Lipinski definition) is 10. The predicted octanol–water partition coefficient (Wildman–Crippen LogP) is 4.51. The number of esters is 2. The first-order valence-electron chi connectivity index (χ1n) is 15.2. The number of likely N-dealkylation sites (tertiary alicyclic amines) is 2. The minimum absolute atomic E-state index is 0.133. The molecule has 0 radical (unpaired) electrons. The molecular formula is C30H51FN2O10. The third-order valence-electron chi connectivity index (χ3n) is 6.41. The zero-order chi connectivity index (χ0) is 34.3. The molecule has 0 aliphatic carbocycles. The maximum absolute atomic E-state index is 12.2. The van der Waals surface area contributed by atoms with Crippen molar-refractivity contribution in [1.82, 2.24) is 9.80 Å². The number of Topliss-reactive ketones (excluding diaryl/α,β-unsaturated/α-hetero) is 2. The van der Waals surface area contributed by atoms with Crippen molar-refractivity contribution in [2.45, 2.75) is 99.2 Å². The van der Waals surface area contributed by atoms with E-state index in [1.54, 1.807) is 62.3 Å². The molecule has 2 amide bonds. The summed E-state index contributed by atoms with van der Waals surface area (Å²) in [4.78, 5) is 74.8. The van der Waals surface area contributed by atoms with Crippen LogP contribution in [0.5, 0.6) is 0 Å². The lowest BCUT2D eigenvalue weighted by atomic mass is 9.82. The summed E-state index contributed by atoms with van der Waals surface area (Å²) in [6.45, 7) is 17.4. The van der Waals surface area contributed by atoms with Crippen LogP contribution in [0.1, 0.15) is 89.4 Å². The number of hydrogen-bond donors (Lipinski definition) is 0. The molecule has 0 N–H and O–H groups in total. The fraction of sp³-hybridized carbons (Fsp3) is 0.800. The molecule has 12 nitrogen and oxygen atoms in total. The molecule has 2 fully saturated rings. The Morgan fingerprint density at radius 3 is 1.79 bits per heavy atom. The van der Waals surface area contributed by atoms with Crippen LogP contribution in [0.15, 0.2) is 0 Å². The van der Waals surface area contributed by atoms with Crippen LogP contribution < -0.4 is 0 Å². The lowest BCUT2D eigenvalue weighted by Gasteiger charge is -2.27. The Bertz CT molecular complexity index is 995. The molecule has 0 saturated carbocycles. The van der Waals surface area contributed by atoms with E-state index in [0.717, 1.165) is 0 Å². The molecule has 0 aromatic heterocycles. The molecule has 2 aliphatic rings. The normalized spacial score (nSPS) is 21.3. The third-order valence-corrected chi connectivity index (χ3v) is 6.41. The van der Waals surface area contributed by atoms with Crippen LogP contribution in [0.25, 0.3) is 0 Å². The van der Waals surface area contributed by atoms with Gasteiger partial charge in [0, 0.05) is 39.0 Å². The first-order chi connectivity index (χ1) is 20.3. The number of ether oxygens (including phenoxy) is 4. The van der Waals surface area contributed by atoms with E-state index in [-0.39, 0.29) is 63.6 Å². The van der Waals surface area contributed by atoms with Crippen LogP contribution in [-0.4, -0.2) is 103 Å². The van der Waals surface area contributed by atoms with Gasteiger partial charge in [-0.1, -0.05) is 0 Å². The lowest BCUT2D eigenvalue weighted by Crippen LogP contribution is -2.39. The first-order valence-corrected chi connectivity index (χ1v) is 14.5. The summed E-state index contributed by atoms with van der Waals surface area (Å²) < 4.78 is 36.0. The number of amides is 2. The largest absolute Gasteiger partial charge is 0.465 e. The highest BCUT2D eigenvalue weighted by atomic mass is 19.1. The summed E-state index contributed by atoms with van der Waals surface area (Å²) in [5.74, 6) is -2.13. The molecule has 0 aromatic carbocycles. The lowest BCUT2D eigenvalue weighted by molar-refractivity contribution is -0.159. The van der Waals surface area contributed by atoms with Crippen LogP contribution >= 0.6 is 0 Å². The molecule has 0 spiro atoms. The van der Waals surface area contributed by atoms with Gasteiger partial charge in [-0.3, -0.25) is 23.6 Å². The van der Waals surface area contributed by atoms with Crippen molar-refractivity contribution in [3.8, 4) is 0 Å². The number of carbonyl (C=O) groups excluding carboxylic acids is 6. The molecule has 2 unspecified atom stereocenters. The highest BCUT2D eigenvalue weighted by Crippen LogP contribution is 2.30. The van der Waals surface area contributed by atoms with E-state index in [9.17, 15) is 33.2 Å². The van der Waals surface area contributed by atoms with E-state index in [2.05, 4.69) is 0 Å². The Morgan fingerprint density at radius 1 is 0.860 bits per heavy atom. The average Bonchev–Trinajstić information content (AvgIpc) is 3.18. The van der Waals surface area contributed by atoms with Crippen molar-refractivity contribution in [2.24, 2.45) is 11.3 Å². The predicted molar refractivity (Wildman–Crippen MR) is 156 cm³/mol. The Morgan fingerprint density at radius 2 is 1.33 bits per heavy atom. The van der Waals surface area contributed by atoms with E-state index < -0.39 is 53.8 Å². The number of carbonyl (C=O) groups is 6. The summed E-state index contributed by atoms with van der Waals surface area (Å²) in [7, 11) is -1.00. The van der Waals surface area contributed by atoms with Crippen LogP contribution in [0.3, 0.4) is 0 Å². The van der Waals surface area contributed by atoms with Crippen LogP contribution in [0, 0.1) is 11.3 Å². The molecule has 2 rings (SSSR count). The standard InChI is InChI=1S/C15H25NO5.C14H23NO5.CH3F/c1-6-20-12(18)15(5)8-10-16(9-7-11(15)17)13(19)21-14(2,3)4;1-5-19-12(17)10-6-8-15(9-7-11(10)16)13(18)20-14(2,3)4;1-2/h6-10H2,1-5H3;10H,5-9H2,1-4H3;1H3/i;;1D. The Hall–Kier alpha value is -3.25. The maximum Gasteiger partial charge on any atom is 0.410 e. The quantitative estimate of drug-likeness (QED) is 0.250. The van der Waals surface area contributed by atoms with Crippen molar-refractivity contribution >= 4 is 35.7 Å². The summed E-state index contributed by atoms with van der Waals surface area (Å²) in [6.07, 6.45) is -0.0730. The minimum Gasteiger partial charge on any atom is -0.465 e. The van der Waals surface area contributed by atoms with Crippen molar-refractivity contribution in [1.29, 1.82) is 0 Å². The topological polar surface area (TPSA) is 146 Å². The van der Waals surface area contributed by atoms with E-state index in [1.807, 2.05) is 0 Å². The van der Waals surface area contributed by atoms with Gasteiger partial charge in [0.05, 0.1) is 21.7 Å². The first kappa shape index (κ1) is 37.8. The number of rotatable bonds is 4. The van der Waals surface area contributed by atoms with Gasteiger partial charge in [0.25, 0.3) is 0 Å². The molecule has 2 heterocycles. The highest BCUT2D eigenvalue weighted by Gasteiger charge is 2.44. The van der Waals surface area contributed by atoms with Gasteiger partial charge in [0.1, 0.15) is 28.3 Å². The van der Waals surface area contributed by atoms with Crippen LogP contribution in [0.2, 0.25) is 0 Å². The summed E-state index contributed by atoms with van der Waals surface area (Å²) in [6, 6.07) is 0. The zero-order valence-electron chi connectivity index (χ0n) is 28.2.